The second-order valence-corrected chi connectivity index (χ2v) is 5.73. The van der Waals surface area contributed by atoms with Crippen molar-refractivity contribution >= 4 is 37.0 Å². The van der Waals surface area contributed by atoms with Crippen LogP contribution < -0.4 is 5.32 Å². The van der Waals surface area contributed by atoms with Gasteiger partial charge in [0.15, 0.2) is 0 Å². The average molecular weight is 274 g/mol. The number of hydrogen-bond acceptors (Lipinski definition) is 2. The van der Waals surface area contributed by atoms with Crippen molar-refractivity contribution in [3.8, 4) is 0 Å². The summed E-state index contributed by atoms with van der Waals surface area (Å²) in [5, 5.41) is 5.40. The molecular weight excluding hydrogens is 263 g/mol. The molecule has 1 aromatic carbocycles. The Morgan fingerprint density at radius 1 is 1.29 bits per heavy atom. The first-order valence-electron chi connectivity index (χ1n) is 4.54. The van der Waals surface area contributed by atoms with Crippen LogP contribution in [0.25, 0.3) is 0 Å². The second-order valence-electron chi connectivity index (χ2n) is 3.02. The van der Waals surface area contributed by atoms with Crippen molar-refractivity contribution < 1.29 is 0 Å². The van der Waals surface area contributed by atoms with Crippen LogP contribution in [0.1, 0.15) is 6.42 Å². The van der Waals surface area contributed by atoms with Crippen molar-refractivity contribution in [3.63, 3.8) is 0 Å². The maximum atomic E-state index is 5.80. The summed E-state index contributed by atoms with van der Waals surface area (Å²) in [6.45, 7) is 0.970. The van der Waals surface area contributed by atoms with Gasteiger partial charge in [-0.25, -0.2) is 0 Å². The molecule has 0 radical (unpaired) electrons. The van der Waals surface area contributed by atoms with Gasteiger partial charge in [-0.15, -0.1) is 0 Å². The van der Waals surface area contributed by atoms with Crippen molar-refractivity contribution in [2.45, 2.75) is 11.7 Å². The van der Waals surface area contributed by atoms with Gasteiger partial charge in [0.1, 0.15) is 0 Å². The van der Waals surface area contributed by atoms with E-state index in [2.05, 4.69) is 10.3 Å². The van der Waals surface area contributed by atoms with Gasteiger partial charge in [0.25, 0.3) is 0 Å². The normalized spacial score (nSPS) is 16.2. The summed E-state index contributed by atoms with van der Waals surface area (Å²) in [5.74, 6) is 0. The number of aliphatic imine (C=N–C) groups is 1. The third-order valence-corrected chi connectivity index (χ3v) is 4.24. The number of anilines is 1. The summed E-state index contributed by atoms with van der Waals surface area (Å²) in [6, 6.07) is 7.74. The van der Waals surface area contributed by atoms with Gasteiger partial charge in [0.05, 0.1) is 0 Å². The number of benzene rings is 1. The molecule has 4 heteroatoms. The zero-order chi connectivity index (χ0) is 9.80. The van der Waals surface area contributed by atoms with E-state index >= 15 is 0 Å². The van der Waals surface area contributed by atoms with Gasteiger partial charge in [0, 0.05) is 0 Å². The van der Waals surface area contributed by atoms with E-state index in [1.807, 2.05) is 24.3 Å². The Hall–Kier alpha value is -0.501. The first-order chi connectivity index (χ1) is 6.84. The van der Waals surface area contributed by atoms with Crippen LogP contribution in [-0.4, -0.2) is 26.2 Å². The molecule has 0 amide bonds. The molecule has 2 rings (SSSR count). The minimum atomic E-state index is 0.526. The molecule has 0 saturated heterocycles. The molecule has 74 valence electrons. The molecule has 0 atom stereocenters. The average Bonchev–Trinajstić information content (AvgIpc) is 2.23. The van der Waals surface area contributed by atoms with E-state index in [1.54, 1.807) is 0 Å². The van der Waals surface area contributed by atoms with Gasteiger partial charge in [-0.1, -0.05) is 0 Å². The van der Waals surface area contributed by atoms with Crippen LogP contribution in [0.15, 0.2) is 29.3 Å². The first-order valence-corrected chi connectivity index (χ1v) is 6.99. The summed E-state index contributed by atoms with van der Waals surface area (Å²) in [5.41, 5.74) is 1.08. The van der Waals surface area contributed by atoms with Gasteiger partial charge in [0.2, 0.25) is 0 Å². The molecular formula is C10H11ClN2Se. The molecule has 1 aliphatic rings. The van der Waals surface area contributed by atoms with E-state index < -0.39 is 0 Å². The van der Waals surface area contributed by atoms with Crippen LogP contribution in [0.2, 0.25) is 10.3 Å². The predicted molar refractivity (Wildman–Crippen MR) is 62.6 cm³/mol. The summed E-state index contributed by atoms with van der Waals surface area (Å²) in [6.07, 6.45) is 1.24. The van der Waals surface area contributed by atoms with E-state index in [-0.39, 0.29) is 0 Å². The monoisotopic (exact) mass is 274 g/mol. The molecule has 0 aliphatic carbocycles. The minimum absolute atomic E-state index is 0.526. The van der Waals surface area contributed by atoms with Crippen LogP contribution in [0, 0.1) is 0 Å². The number of nitrogens with zero attached hydrogens (tertiary/aromatic N) is 1. The standard InChI is InChI=1S/C10H11ClN2Se/c11-8-2-4-9(5-3-8)13-10-12-6-1-7-14-10/h2-5H,1,6-7H2,(H,12,13). The fraction of sp³-hybridized carbons (Fsp3) is 0.300. The molecule has 1 heterocycles. The van der Waals surface area contributed by atoms with Crippen molar-refractivity contribution in [2.75, 3.05) is 11.9 Å². The van der Waals surface area contributed by atoms with E-state index in [0.29, 0.717) is 15.0 Å². The van der Waals surface area contributed by atoms with Gasteiger partial charge in [-0.2, -0.15) is 0 Å². The maximum absolute atomic E-state index is 5.80. The summed E-state index contributed by atoms with van der Waals surface area (Å²) < 4.78 is 1.16. The molecule has 2 nitrogen and oxygen atoms in total. The molecule has 0 spiro atoms. The third-order valence-electron chi connectivity index (χ3n) is 1.89. The van der Waals surface area contributed by atoms with E-state index in [0.717, 1.165) is 22.0 Å². The molecule has 1 aromatic rings. The van der Waals surface area contributed by atoms with E-state index in [4.69, 9.17) is 11.6 Å². The van der Waals surface area contributed by atoms with Gasteiger partial charge in [-0.3, -0.25) is 0 Å². The fourth-order valence-electron chi connectivity index (χ4n) is 1.19. The zero-order valence-corrected chi connectivity index (χ0v) is 10.1. The number of amidine groups is 1. The Labute approximate surface area is 94.9 Å². The van der Waals surface area contributed by atoms with E-state index in [1.165, 1.54) is 11.7 Å². The van der Waals surface area contributed by atoms with Crippen molar-refractivity contribution in [2.24, 2.45) is 4.99 Å². The Balaban J connectivity index is 2.03. The van der Waals surface area contributed by atoms with Crippen LogP contribution in [0.3, 0.4) is 0 Å². The van der Waals surface area contributed by atoms with Crippen LogP contribution in [0.4, 0.5) is 5.69 Å². The molecule has 0 fully saturated rings. The zero-order valence-electron chi connectivity index (χ0n) is 7.66. The van der Waals surface area contributed by atoms with Crippen molar-refractivity contribution in [1.29, 1.82) is 0 Å². The summed E-state index contributed by atoms with van der Waals surface area (Å²) >= 11 is 6.33. The molecule has 0 bridgehead atoms. The molecule has 0 aromatic heterocycles. The Morgan fingerprint density at radius 2 is 2.07 bits per heavy atom. The Morgan fingerprint density at radius 3 is 2.71 bits per heavy atom. The molecule has 1 N–H and O–H groups in total. The number of nitrogens with one attached hydrogen (secondary N) is 1. The Kier molecular flexibility index (Phi) is 3.46. The molecule has 1 aliphatic heterocycles. The molecule has 0 unspecified atom stereocenters. The number of rotatable bonds is 1. The van der Waals surface area contributed by atoms with Gasteiger partial charge in [-0.05, 0) is 0 Å². The van der Waals surface area contributed by atoms with Crippen LogP contribution in [0.5, 0.6) is 0 Å². The Bertz CT molecular complexity index is 334. The molecule has 0 saturated carbocycles. The van der Waals surface area contributed by atoms with Crippen molar-refractivity contribution in [1.82, 2.24) is 0 Å². The number of halogens is 1. The quantitative estimate of drug-likeness (QED) is 0.782. The fourth-order valence-corrected chi connectivity index (χ4v) is 3.08. The van der Waals surface area contributed by atoms with Crippen molar-refractivity contribution in [3.05, 3.63) is 29.3 Å². The topological polar surface area (TPSA) is 24.4 Å². The van der Waals surface area contributed by atoms with Crippen LogP contribution in [-0.2, 0) is 0 Å². The SMILES string of the molecule is Clc1ccc(NC2=NCCC[Se]2)cc1. The predicted octanol–water partition coefficient (Wildman–Crippen LogP) is 2.63. The summed E-state index contributed by atoms with van der Waals surface area (Å²) in [7, 11) is 0. The van der Waals surface area contributed by atoms with Crippen LogP contribution >= 0.6 is 11.6 Å². The second kappa shape index (κ2) is 4.83. The first kappa shape index (κ1) is 10.0. The van der Waals surface area contributed by atoms with E-state index in [9.17, 15) is 0 Å². The van der Waals surface area contributed by atoms with Gasteiger partial charge < -0.3 is 0 Å². The number of hydrogen-bond donors (Lipinski definition) is 1. The molecule has 14 heavy (non-hydrogen) atoms. The summed E-state index contributed by atoms with van der Waals surface area (Å²) in [4.78, 5) is 4.45. The third kappa shape index (κ3) is 2.74. The van der Waals surface area contributed by atoms with Gasteiger partial charge >= 0.3 is 94.9 Å².